The number of likely N-dealkylation sites (N-methyl/N-ethyl adjacent to an activating group) is 1. The van der Waals surface area contributed by atoms with Gasteiger partial charge < -0.3 is 25.4 Å². The van der Waals surface area contributed by atoms with E-state index in [-0.39, 0.29) is 12.5 Å². The molecule has 0 aromatic heterocycles. The topological polar surface area (TPSA) is 84.0 Å². The van der Waals surface area contributed by atoms with E-state index in [1.165, 1.54) is 11.1 Å². The highest BCUT2D eigenvalue weighted by Crippen LogP contribution is 2.25. The summed E-state index contributed by atoms with van der Waals surface area (Å²) in [6.07, 6.45) is 1.91. The third-order valence-corrected chi connectivity index (χ3v) is 4.87. The molecule has 1 heterocycles. The lowest BCUT2D eigenvalue weighted by molar-refractivity contribution is -0.122. The van der Waals surface area contributed by atoms with Crippen molar-refractivity contribution < 1.29 is 14.3 Å². The van der Waals surface area contributed by atoms with Crippen molar-refractivity contribution in [3.05, 3.63) is 59.2 Å². The monoisotopic (exact) mass is 424 g/mol. The molecule has 2 aromatic carbocycles. The Morgan fingerprint density at radius 2 is 1.94 bits per heavy atom. The minimum atomic E-state index is -0.125. The number of aliphatic imine (C=N–C) groups is 1. The SMILES string of the molecule is CCNC(=O)COc1cccc(CN=C(NCC)NCCc2ccc3c(c2)CCO3)c1. The Bertz CT molecular complexity index is 898. The van der Waals surface area contributed by atoms with Crippen molar-refractivity contribution in [2.75, 3.05) is 32.8 Å². The zero-order valence-electron chi connectivity index (χ0n) is 18.4. The van der Waals surface area contributed by atoms with Crippen LogP contribution in [0.3, 0.4) is 0 Å². The molecule has 166 valence electrons. The van der Waals surface area contributed by atoms with Crippen LogP contribution in [0.1, 0.15) is 30.5 Å². The summed E-state index contributed by atoms with van der Waals surface area (Å²) >= 11 is 0. The highest BCUT2D eigenvalue weighted by molar-refractivity contribution is 5.79. The van der Waals surface area contributed by atoms with Crippen LogP contribution in [0.15, 0.2) is 47.5 Å². The minimum absolute atomic E-state index is 0.0135. The maximum atomic E-state index is 11.6. The lowest BCUT2D eigenvalue weighted by atomic mass is 10.1. The highest BCUT2D eigenvalue weighted by atomic mass is 16.5. The van der Waals surface area contributed by atoms with Gasteiger partial charge in [0.05, 0.1) is 13.2 Å². The van der Waals surface area contributed by atoms with Gasteiger partial charge in [0.25, 0.3) is 5.91 Å². The largest absolute Gasteiger partial charge is 0.493 e. The van der Waals surface area contributed by atoms with Crippen LogP contribution in [0.25, 0.3) is 0 Å². The molecule has 0 saturated heterocycles. The van der Waals surface area contributed by atoms with E-state index in [9.17, 15) is 4.79 Å². The Balaban J connectivity index is 1.50. The molecule has 0 unspecified atom stereocenters. The van der Waals surface area contributed by atoms with Crippen molar-refractivity contribution in [1.82, 2.24) is 16.0 Å². The molecule has 1 aliphatic heterocycles. The number of hydrogen-bond donors (Lipinski definition) is 3. The van der Waals surface area contributed by atoms with E-state index in [0.717, 1.165) is 49.8 Å². The first-order valence-electron chi connectivity index (χ1n) is 10.9. The van der Waals surface area contributed by atoms with Gasteiger partial charge in [-0.25, -0.2) is 4.99 Å². The molecule has 3 rings (SSSR count). The van der Waals surface area contributed by atoms with E-state index in [1.807, 2.05) is 38.1 Å². The summed E-state index contributed by atoms with van der Waals surface area (Å²) in [6.45, 7) is 7.42. The summed E-state index contributed by atoms with van der Waals surface area (Å²) in [7, 11) is 0. The van der Waals surface area contributed by atoms with Gasteiger partial charge in [-0.2, -0.15) is 0 Å². The van der Waals surface area contributed by atoms with Gasteiger partial charge in [0.2, 0.25) is 0 Å². The van der Waals surface area contributed by atoms with Crippen LogP contribution in [0, 0.1) is 0 Å². The van der Waals surface area contributed by atoms with Crippen molar-refractivity contribution in [3.63, 3.8) is 0 Å². The van der Waals surface area contributed by atoms with Gasteiger partial charge in [0, 0.05) is 26.1 Å². The quantitative estimate of drug-likeness (QED) is 0.403. The molecule has 0 radical (unpaired) electrons. The van der Waals surface area contributed by atoms with Gasteiger partial charge in [-0.15, -0.1) is 0 Å². The first kappa shape index (κ1) is 22.5. The zero-order valence-corrected chi connectivity index (χ0v) is 18.4. The molecule has 0 spiro atoms. The number of nitrogens with one attached hydrogen (secondary N) is 3. The molecule has 0 atom stereocenters. The molecule has 7 nitrogen and oxygen atoms in total. The molecule has 1 aliphatic rings. The number of carbonyl (C=O) groups is 1. The molecule has 1 amide bonds. The molecular formula is C24H32N4O3. The average molecular weight is 425 g/mol. The van der Waals surface area contributed by atoms with Crippen molar-refractivity contribution in [1.29, 1.82) is 0 Å². The fraction of sp³-hybridized carbons (Fsp3) is 0.417. The fourth-order valence-electron chi connectivity index (χ4n) is 3.36. The number of rotatable bonds is 10. The first-order valence-corrected chi connectivity index (χ1v) is 10.9. The van der Waals surface area contributed by atoms with Crippen molar-refractivity contribution in [3.8, 4) is 11.5 Å². The normalized spacial score (nSPS) is 12.6. The van der Waals surface area contributed by atoms with Gasteiger partial charge in [-0.1, -0.05) is 24.3 Å². The Morgan fingerprint density at radius 3 is 2.77 bits per heavy atom. The number of amides is 1. The van der Waals surface area contributed by atoms with Gasteiger partial charge >= 0.3 is 0 Å². The smallest absolute Gasteiger partial charge is 0.257 e. The molecular weight excluding hydrogens is 392 g/mol. The molecule has 31 heavy (non-hydrogen) atoms. The summed E-state index contributed by atoms with van der Waals surface area (Å²) < 4.78 is 11.1. The predicted octanol–water partition coefficient (Wildman–Crippen LogP) is 2.43. The third-order valence-electron chi connectivity index (χ3n) is 4.87. The first-order chi connectivity index (χ1) is 15.2. The van der Waals surface area contributed by atoms with E-state index in [1.54, 1.807) is 0 Å². The van der Waals surface area contributed by atoms with E-state index < -0.39 is 0 Å². The van der Waals surface area contributed by atoms with Crippen molar-refractivity contribution >= 4 is 11.9 Å². The van der Waals surface area contributed by atoms with E-state index >= 15 is 0 Å². The molecule has 0 aliphatic carbocycles. The van der Waals surface area contributed by atoms with Crippen molar-refractivity contribution in [2.45, 2.75) is 33.2 Å². The van der Waals surface area contributed by atoms with E-state index in [2.05, 4.69) is 39.1 Å². The number of carbonyl (C=O) groups excluding carboxylic acids is 1. The number of nitrogens with zero attached hydrogens (tertiary/aromatic N) is 1. The van der Waals surface area contributed by atoms with Gasteiger partial charge in [0.15, 0.2) is 12.6 Å². The van der Waals surface area contributed by atoms with Crippen LogP contribution in [0.2, 0.25) is 0 Å². The van der Waals surface area contributed by atoms with Crippen LogP contribution in [-0.2, 0) is 24.2 Å². The third kappa shape index (κ3) is 7.20. The molecule has 0 bridgehead atoms. The second-order valence-electron chi connectivity index (χ2n) is 7.30. The second kappa shape index (κ2) is 11.8. The summed E-state index contributed by atoms with van der Waals surface area (Å²) in [5.74, 6) is 2.34. The molecule has 7 heteroatoms. The summed E-state index contributed by atoms with van der Waals surface area (Å²) in [6, 6.07) is 14.1. The minimum Gasteiger partial charge on any atom is -0.493 e. The molecule has 0 saturated carbocycles. The van der Waals surface area contributed by atoms with Crippen molar-refractivity contribution in [2.24, 2.45) is 4.99 Å². The lowest BCUT2D eigenvalue weighted by Crippen LogP contribution is -2.38. The second-order valence-corrected chi connectivity index (χ2v) is 7.30. The number of hydrogen-bond acceptors (Lipinski definition) is 4. The lowest BCUT2D eigenvalue weighted by Gasteiger charge is -2.12. The van der Waals surface area contributed by atoms with Crippen LogP contribution in [-0.4, -0.2) is 44.7 Å². The number of guanidine groups is 1. The van der Waals surface area contributed by atoms with Gasteiger partial charge in [0.1, 0.15) is 11.5 Å². The maximum Gasteiger partial charge on any atom is 0.257 e. The van der Waals surface area contributed by atoms with Crippen LogP contribution >= 0.6 is 0 Å². The highest BCUT2D eigenvalue weighted by Gasteiger charge is 2.11. The number of fused-ring (bicyclic) bond motifs is 1. The number of benzene rings is 2. The van der Waals surface area contributed by atoms with E-state index in [4.69, 9.17) is 9.47 Å². The molecule has 0 fully saturated rings. The van der Waals surface area contributed by atoms with Gasteiger partial charge in [-0.3, -0.25) is 4.79 Å². The summed E-state index contributed by atoms with van der Waals surface area (Å²) in [5, 5.41) is 9.40. The molecule has 2 aromatic rings. The van der Waals surface area contributed by atoms with Crippen LogP contribution in [0.5, 0.6) is 11.5 Å². The fourth-order valence-corrected chi connectivity index (χ4v) is 3.36. The predicted molar refractivity (Wildman–Crippen MR) is 123 cm³/mol. The van der Waals surface area contributed by atoms with E-state index in [0.29, 0.717) is 18.8 Å². The Hall–Kier alpha value is -3.22. The molecule has 3 N–H and O–H groups in total. The maximum absolute atomic E-state index is 11.6. The van der Waals surface area contributed by atoms with Gasteiger partial charge in [-0.05, 0) is 55.2 Å². The Morgan fingerprint density at radius 1 is 1.06 bits per heavy atom. The summed E-state index contributed by atoms with van der Waals surface area (Å²) in [5.41, 5.74) is 3.61. The van der Waals surface area contributed by atoms with Crippen LogP contribution in [0.4, 0.5) is 0 Å². The zero-order chi connectivity index (χ0) is 21.9. The number of ether oxygens (including phenoxy) is 2. The standard InChI is InChI=1S/C24H32N4O3/c1-3-25-23(29)17-31-21-7-5-6-19(15-21)16-28-24(26-4-2)27-12-10-18-8-9-22-20(14-18)11-13-30-22/h5-9,14-15H,3-4,10-13,16-17H2,1-2H3,(H,25,29)(H2,26,27,28). The summed E-state index contributed by atoms with van der Waals surface area (Å²) in [4.78, 5) is 16.2. The Kier molecular flexibility index (Phi) is 8.58. The van der Waals surface area contributed by atoms with Crippen LogP contribution < -0.4 is 25.4 Å². The Labute approximate surface area is 184 Å². The average Bonchev–Trinajstić information content (AvgIpc) is 3.24.